The molecule has 0 radical (unpaired) electrons. The topological polar surface area (TPSA) is 162 Å². The lowest BCUT2D eigenvalue weighted by atomic mass is 9.96. The molecule has 0 aromatic heterocycles. The Labute approximate surface area is 342 Å². The first kappa shape index (κ1) is 43.9. The summed E-state index contributed by atoms with van der Waals surface area (Å²) in [4.78, 5) is 15.5. The number of fused-ring (bicyclic) bond motifs is 1. The van der Waals surface area contributed by atoms with Crippen molar-refractivity contribution >= 4 is 23.7 Å². The number of nitrogens with zero attached hydrogens (tertiary/aromatic N) is 2. The molecule has 1 amide bonds. The van der Waals surface area contributed by atoms with Crippen molar-refractivity contribution in [1.29, 1.82) is 0 Å². The van der Waals surface area contributed by atoms with Gasteiger partial charge in [0.25, 0.3) is 0 Å². The Balaban J connectivity index is 1.16. The van der Waals surface area contributed by atoms with Gasteiger partial charge in [0.15, 0.2) is 6.29 Å². The average molecular weight is 842 g/mol. The third-order valence-corrected chi connectivity index (χ3v) is 14.1. The first-order valence-electron chi connectivity index (χ1n) is 19.8. The summed E-state index contributed by atoms with van der Waals surface area (Å²) in [7, 11) is -6.14. The van der Waals surface area contributed by atoms with Gasteiger partial charge in [-0.1, -0.05) is 86.2 Å². The van der Waals surface area contributed by atoms with Crippen molar-refractivity contribution in [2.24, 2.45) is 11.8 Å². The number of methoxy groups -OCH3 is 1. The Kier molecular flexibility index (Phi) is 15.6. The summed E-state index contributed by atoms with van der Waals surface area (Å²) in [5.41, 5.74) is 2.69. The zero-order valence-electron chi connectivity index (χ0n) is 33.4. The van der Waals surface area contributed by atoms with Gasteiger partial charge in [-0.25, -0.2) is 13.2 Å². The van der Waals surface area contributed by atoms with Gasteiger partial charge < -0.3 is 38.4 Å². The van der Waals surface area contributed by atoms with Crippen LogP contribution < -0.4 is 10.1 Å². The Morgan fingerprint density at radius 2 is 1.62 bits per heavy atom. The zero-order valence-corrected chi connectivity index (χ0v) is 35.1. The van der Waals surface area contributed by atoms with Gasteiger partial charge in [-0.05, 0) is 60.6 Å². The van der Waals surface area contributed by atoms with Crippen LogP contribution in [0.2, 0.25) is 0 Å². The molecule has 0 spiro atoms. The second-order valence-electron chi connectivity index (χ2n) is 15.3. The number of hydrogen-bond donors (Lipinski definition) is 2. The van der Waals surface area contributed by atoms with Crippen molar-refractivity contribution in [1.82, 2.24) is 14.5 Å². The number of hydrogen-bond acceptors (Lipinski definition) is 12. The third kappa shape index (κ3) is 12.2. The molecule has 2 fully saturated rings. The Morgan fingerprint density at radius 3 is 2.21 bits per heavy atom. The van der Waals surface area contributed by atoms with E-state index >= 15 is 0 Å². The lowest BCUT2D eigenvalue weighted by Crippen LogP contribution is -2.51. The second kappa shape index (κ2) is 20.6. The minimum Gasteiger partial charge on any atom is -0.497 e. The van der Waals surface area contributed by atoms with Crippen molar-refractivity contribution in [3.63, 3.8) is 0 Å². The molecule has 3 aromatic carbocycles. The van der Waals surface area contributed by atoms with Gasteiger partial charge in [0.2, 0.25) is 10.0 Å². The van der Waals surface area contributed by atoms with Crippen LogP contribution in [-0.2, 0) is 51.1 Å². The molecule has 316 valence electrons. The third-order valence-electron chi connectivity index (χ3n) is 10.5. The molecule has 2 saturated heterocycles. The summed E-state index contributed by atoms with van der Waals surface area (Å²) >= 11 is 0. The van der Waals surface area contributed by atoms with E-state index in [1.807, 2.05) is 85.5 Å². The number of carbonyl (C=O) groups is 1. The number of nitrogens with one attached hydrogen (secondary N) is 1. The van der Waals surface area contributed by atoms with Crippen molar-refractivity contribution in [3.8, 4) is 5.75 Å². The van der Waals surface area contributed by atoms with E-state index in [4.69, 9.17) is 28.0 Å². The highest BCUT2D eigenvalue weighted by molar-refractivity contribution is 7.89. The summed E-state index contributed by atoms with van der Waals surface area (Å²) in [6.07, 6.45) is 0.556. The molecular weight excluding hydrogens is 786 g/mol. The van der Waals surface area contributed by atoms with Gasteiger partial charge in [0, 0.05) is 26.2 Å². The summed E-state index contributed by atoms with van der Waals surface area (Å²) in [6, 6.07) is 24.2. The minimum absolute atomic E-state index is 0.0584. The van der Waals surface area contributed by atoms with E-state index in [1.165, 1.54) is 23.5 Å². The van der Waals surface area contributed by atoms with Gasteiger partial charge in [-0.2, -0.15) is 4.31 Å². The summed E-state index contributed by atoms with van der Waals surface area (Å²) in [6.45, 7) is 5.58. The zero-order chi connectivity index (χ0) is 41.1. The maximum Gasteiger partial charge on any atom is 0.407 e. The summed E-state index contributed by atoms with van der Waals surface area (Å²) < 4.78 is 77.7. The highest BCUT2D eigenvalue weighted by Crippen LogP contribution is 2.50. The highest BCUT2D eigenvalue weighted by Gasteiger charge is 2.44. The maximum atomic E-state index is 14.2. The van der Waals surface area contributed by atoms with Crippen LogP contribution in [0.3, 0.4) is 0 Å². The predicted octanol–water partition coefficient (Wildman–Crippen LogP) is 6.17. The van der Waals surface area contributed by atoms with Crippen LogP contribution in [0, 0.1) is 11.8 Å². The molecule has 5 atom stereocenters. The SMILES string of the molecule is COc1ccc(S(=O)(=O)N(CC(C)C)C[C@@H](O)[C@H](CC2=CCN(CP(=O)(OCc3ccccc3)OCc3ccccc3)CC2)NC(=O)O[C@H]2CO[C@H]3OCC[C@H]32)cc1. The van der Waals surface area contributed by atoms with Crippen LogP contribution in [-0.4, -0.2) is 106 Å². The van der Waals surface area contributed by atoms with Crippen LogP contribution in [0.4, 0.5) is 4.79 Å². The molecule has 3 aliphatic heterocycles. The summed E-state index contributed by atoms with van der Waals surface area (Å²) in [5, 5.41) is 14.7. The predicted molar refractivity (Wildman–Crippen MR) is 217 cm³/mol. The largest absolute Gasteiger partial charge is 0.497 e. The molecule has 0 bridgehead atoms. The fraction of sp³-hybridized carbons (Fsp3) is 0.500. The van der Waals surface area contributed by atoms with Gasteiger partial charge in [-0.15, -0.1) is 0 Å². The van der Waals surface area contributed by atoms with Gasteiger partial charge in [0.1, 0.15) is 18.1 Å². The van der Waals surface area contributed by atoms with Crippen molar-refractivity contribution < 1.29 is 50.9 Å². The second-order valence-corrected chi connectivity index (χ2v) is 19.3. The van der Waals surface area contributed by atoms with Crippen LogP contribution in [0.15, 0.2) is 101 Å². The number of rotatable bonds is 20. The van der Waals surface area contributed by atoms with Crippen molar-refractivity contribution in [2.45, 2.75) is 75.8 Å². The molecular formula is C42H56N3O11PS. The van der Waals surface area contributed by atoms with E-state index < -0.39 is 48.3 Å². The van der Waals surface area contributed by atoms with Crippen molar-refractivity contribution in [3.05, 3.63) is 108 Å². The van der Waals surface area contributed by atoms with E-state index in [9.17, 15) is 22.9 Å². The molecule has 3 aliphatic rings. The highest BCUT2D eigenvalue weighted by atomic mass is 32.2. The number of carbonyl (C=O) groups excluding carboxylic acids is 1. The van der Waals surface area contributed by atoms with Crippen LogP contribution >= 0.6 is 7.60 Å². The maximum absolute atomic E-state index is 14.2. The molecule has 3 heterocycles. The lowest BCUT2D eigenvalue weighted by Gasteiger charge is -2.33. The number of amides is 1. The standard InChI is InChI=1S/C42H56N3O11PS/c1-31(2)25-45(58(49,50)36-16-14-35(51-3)15-17-36)26-39(46)38(43-42(47)56-40-29-53-41-37(40)20-23-52-41)24-32-18-21-44(22-19-32)30-57(48,54-27-33-10-6-4-7-11-33)55-28-34-12-8-5-9-13-34/h4-18,31,37-41,46H,19-30H2,1-3H3,(H,43,47)/t37-,38-,39+,40-,41+/m0/s1. The monoisotopic (exact) mass is 841 g/mol. The van der Waals surface area contributed by atoms with Crippen LogP contribution in [0.5, 0.6) is 5.75 Å². The molecule has 0 saturated carbocycles. The molecule has 6 rings (SSSR count). The van der Waals surface area contributed by atoms with E-state index in [2.05, 4.69) is 5.32 Å². The number of sulfonamides is 1. The van der Waals surface area contributed by atoms with E-state index in [1.54, 1.807) is 12.1 Å². The van der Waals surface area contributed by atoms with Crippen LogP contribution in [0.25, 0.3) is 0 Å². The Bertz CT molecular complexity index is 1910. The average Bonchev–Trinajstić information content (AvgIpc) is 3.85. The van der Waals surface area contributed by atoms with E-state index in [0.717, 1.165) is 16.7 Å². The molecule has 14 nitrogen and oxygen atoms in total. The normalized spacial score (nSPS) is 21.1. The van der Waals surface area contributed by atoms with Crippen LogP contribution in [0.1, 0.15) is 44.2 Å². The molecule has 0 unspecified atom stereocenters. The fourth-order valence-electron chi connectivity index (χ4n) is 7.27. The molecule has 0 aliphatic carbocycles. The minimum atomic E-state index is -4.04. The summed E-state index contributed by atoms with van der Waals surface area (Å²) in [5.74, 6) is 0.375. The first-order valence-corrected chi connectivity index (χ1v) is 23.0. The molecule has 2 N–H and O–H groups in total. The smallest absolute Gasteiger partial charge is 0.407 e. The Morgan fingerprint density at radius 1 is 0.966 bits per heavy atom. The quantitative estimate of drug-likeness (QED) is 0.0986. The number of ether oxygens (including phenoxy) is 4. The van der Waals surface area contributed by atoms with Gasteiger partial charge in [-0.3, -0.25) is 9.46 Å². The number of aliphatic hydroxyl groups excluding tert-OH is 1. The van der Waals surface area contributed by atoms with Crippen molar-refractivity contribution in [2.75, 3.05) is 52.8 Å². The van der Waals surface area contributed by atoms with E-state index in [-0.39, 0.29) is 62.3 Å². The van der Waals surface area contributed by atoms with E-state index in [0.29, 0.717) is 38.3 Å². The molecule has 58 heavy (non-hydrogen) atoms. The number of benzene rings is 3. The molecule has 3 aromatic rings. The number of aliphatic hydroxyl groups is 1. The first-order chi connectivity index (χ1) is 27.9. The molecule has 16 heteroatoms. The van der Waals surface area contributed by atoms with Gasteiger partial charge in [0.05, 0.1) is 56.5 Å². The van der Waals surface area contributed by atoms with Gasteiger partial charge >= 0.3 is 13.7 Å². The fourth-order valence-corrected chi connectivity index (χ4v) is 10.6. The Hall–Kier alpha value is -3.63. The lowest BCUT2D eigenvalue weighted by molar-refractivity contribution is -0.0907. The number of alkyl carbamates (subject to hydrolysis) is 1.